The summed E-state index contributed by atoms with van der Waals surface area (Å²) in [6.07, 6.45) is 3.69. The van der Waals surface area contributed by atoms with Gasteiger partial charge < -0.3 is 5.32 Å². The zero-order chi connectivity index (χ0) is 18.4. The van der Waals surface area contributed by atoms with Crippen molar-refractivity contribution in [2.75, 3.05) is 11.9 Å². The molecule has 4 nitrogen and oxygen atoms in total. The third kappa shape index (κ3) is 4.76. The van der Waals surface area contributed by atoms with Crippen LogP contribution in [0.15, 0.2) is 65.3 Å². The van der Waals surface area contributed by atoms with Crippen LogP contribution in [0.2, 0.25) is 0 Å². The number of rotatable bonds is 7. The lowest BCUT2D eigenvalue weighted by molar-refractivity contribution is 0.103. The number of hydrogen-bond donors (Lipinski definition) is 1. The van der Waals surface area contributed by atoms with Gasteiger partial charge in [0.05, 0.1) is 0 Å². The van der Waals surface area contributed by atoms with Crippen molar-refractivity contribution < 1.29 is 6.22 Å². The number of hydrogen-bond acceptors (Lipinski definition) is 4. The predicted molar refractivity (Wildman–Crippen MR) is 110 cm³/mol. The number of aryl methyl sites for hydroxylation is 2. The van der Waals surface area contributed by atoms with Gasteiger partial charge in [0, 0.05) is 29.9 Å². The Kier molecular flexibility index (Phi) is 6.12. The highest BCUT2D eigenvalue weighted by Gasteiger charge is 2.15. The van der Waals surface area contributed by atoms with Crippen molar-refractivity contribution in [2.24, 2.45) is 0 Å². The van der Waals surface area contributed by atoms with Gasteiger partial charge in [-0.1, -0.05) is 36.4 Å². The molecule has 3 aromatic rings. The number of benzene rings is 1. The number of carbonyl (C=O) groups is 1. The Bertz CT molecular complexity index is 903. The lowest BCUT2D eigenvalue weighted by Gasteiger charge is -2.08. The first-order chi connectivity index (χ1) is 12.6. The Balaban J connectivity index is 0.00000261. The molecule has 1 N–H and O–H groups in total. The molecule has 0 spiro atoms. The molecule has 5 heteroatoms. The number of nitrogens with one attached hydrogen (secondary N) is 1. The average molecular weight is 412 g/mol. The van der Waals surface area contributed by atoms with Crippen LogP contribution >= 0.6 is 15.9 Å². The molecule has 3 rings (SSSR count). The minimum atomic E-state index is -0.121. The number of ketones is 1. The Morgan fingerprint density at radius 1 is 1.15 bits per heavy atom. The van der Waals surface area contributed by atoms with Gasteiger partial charge in [-0.05, 0) is 59.5 Å². The lowest BCUT2D eigenvalue weighted by Crippen LogP contribution is -2.10. The minimum Gasteiger partial charge on any atom is -0.370 e. The van der Waals surface area contributed by atoms with Gasteiger partial charge in [0.15, 0.2) is 0 Å². The Morgan fingerprint density at radius 3 is 2.77 bits per heavy atom. The minimum absolute atomic E-state index is 0. The van der Waals surface area contributed by atoms with Gasteiger partial charge in [0.2, 0.25) is 5.78 Å². The van der Waals surface area contributed by atoms with E-state index in [-0.39, 0.29) is 7.21 Å². The van der Waals surface area contributed by atoms with E-state index in [1.807, 2.05) is 25.1 Å². The first-order valence-corrected chi connectivity index (χ1v) is 9.34. The van der Waals surface area contributed by atoms with Crippen molar-refractivity contribution in [3.63, 3.8) is 0 Å². The Hall–Kier alpha value is -2.53. The summed E-state index contributed by atoms with van der Waals surface area (Å²) in [7, 11) is 0. The maximum atomic E-state index is 12.7. The standard InChI is InChI=1S/C21H20BrN3O.H2/c1-15-18(13-17(22)14-24-15)21(26)19-10-5-11-20(25-19)23-12-6-9-16-7-3-2-4-8-16;/h2-5,7-8,10-11,13-14H,6,9,12H2,1H3,(H,23,25);1H. The fourth-order valence-corrected chi connectivity index (χ4v) is 3.02. The van der Waals surface area contributed by atoms with Gasteiger partial charge in [0.25, 0.3) is 0 Å². The van der Waals surface area contributed by atoms with Crippen LogP contribution in [0, 0.1) is 6.92 Å². The summed E-state index contributed by atoms with van der Waals surface area (Å²) in [4.78, 5) is 21.4. The van der Waals surface area contributed by atoms with E-state index in [9.17, 15) is 4.79 Å². The molecule has 0 aliphatic carbocycles. The van der Waals surface area contributed by atoms with E-state index in [4.69, 9.17) is 0 Å². The fraction of sp³-hybridized carbons (Fsp3) is 0.190. The molecule has 0 aliphatic heterocycles. The SMILES string of the molecule is Cc1ncc(Br)cc1C(=O)c1cccc(NCCCc2ccccc2)n1.[HH]. The molecule has 2 heterocycles. The zero-order valence-corrected chi connectivity index (χ0v) is 16.2. The van der Waals surface area contributed by atoms with Gasteiger partial charge >= 0.3 is 0 Å². The molecular weight excluding hydrogens is 390 g/mol. The fourth-order valence-electron chi connectivity index (χ4n) is 2.69. The first-order valence-electron chi connectivity index (χ1n) is 8.55. The molecule has 0 saturated heterocycles. The van der Waals surface area contributed by atoms with Crippen LogP contribution < -0.4 is 5.32 Å². The van der Waals surface area contributed by atoms with Crippen LogP contribution in [0.5, 0.6) is 0 Å². The summed E-state index contributed by atoms with van der Waals surface area (Å²) in [6, 6.07) is 17.6. The molecule has 0 amide bonds. The monoisotopic (exact) mass is 411 g/mol. The van der Waals surface area contributed by atoms with Gasteiger partial charge in [-0.25, -0.2) is 4.98 Å². The highest BCUT2D eigenvalue weighted by atomic mass is 79.9. The zero-order valence-electron chi connectivity index (χ0n) is 14.6. The summed E-state index contributed by atoms with van der Waals surface area (Å²) in [5.41, 5.74) is 3.00. The van der Waals surface area contributed by atoms with E-state index < -0.39 is 0 Å². The highest BCUT2D eigenvalue weighted by Crippen LogP contribution is 2.17. The van der Waals surface area contributed by atoms with Crippen molar-refractivity contribution in [3.05, 3.63) is 87.8 Å². The van der Waals surface area contributed by atoms with E-state index in [0.29, 0.717) is 22.8 Å². The van der Waals surface area contributed by atoms with Crippen molar-refractivity contribution in [2.45, 2.75) is 19.8 Å². The molecular formula is C21H22BrN3O. The molecule has 26 heavy (non-hydrogen) atoms. The van der Waals surface area contributed by atoms with E-state index in [2.05, 4.69) is 55.5 Å². The summed E-state index contributed by atoms with van der Waals surface area (Å²) in [5.74, 6) is 0.591. The van der Waals surface area contributed by atoms with Gasteiger partial charge in [0.1, 0.15) is 11.5 Å². The second-order valence-electron chi connectivity index (χ2n) is 6.04. The van der Waals surface area contributed by atoms with E-state index in [0.717, 1.165) is 23.9 Å². The van der Waals surface area contributed by atoms with Gasteiger partial charge in [-0.3, -0.25) is 9.78 Å². The van der Waals surface area contributed by atoms with Crippen LogP contribution in [0.3, 0.4) is 0 Å². The number of nitrogens with zero attached hydrogens (tertiary/aromatic N) is 2. The van der Waals surface area contributed by atoms with Crippen molar-refractivity contribution in [1.29, 1.82) is 0 Å². The first kappa shape index (κ1) is 18.3. The highest BCUT2D eigenvalue weighted by molar-refractivity contribution is 9.10. The van der Waals surface area contributed by atoms with Crippen LogP contribution in [-0.4, -0.2) is 22.3 Å². The molecule has 0 saturated carbocycles. The third-order valence-electron chi connectivity index (χ3n) is 4.07. The second kappa shape index (κ2) is 8.72. The van der Waals surface area contributed by atoms with Crippen LogP contribution in [0.1, 0.15) is 35.2 Å². The van der Waals surface area contributed by atoms with E-state index >= 15 is 0 Å². The molecule has 0 fully saturated rings. The number of pyridine rings is 2. The molecule has 0 unspecified atom stereocenters. The molecule has 0 radical (unpaired) electrons. The summed E-state index contributed by atoms with van der Waals surface area (Å²) in [6.45, 7) is 2.63. The number of carbonyl (C=O) groups excluding carboxylic acids is 1. The maximum Gasteiger partial charge on any atom is 0.213 e. The third-order valence-corrected chi connectivity index (χ3v) is 4.50. The van der Waals surface area contributed by atoms with Crippen LogP contribution in [-0.2, 0) is 6.42 Å². The largest absolute Gasteiger partial charge is 0.370 e. The van der Waals surface area contributed by atoms with Crippen LogP contribution in [0.25, 0.3) is 0 Å². The molecule has 1 aromatic carbocycles. The lowest BCUT2D eigenvalue weighted by atomic mass is 10.1. The number of anilines is 1. The number of halogens is 1. The van der Waals surface area contributed by atoms with Crippen molar-refractivity contribution in [1.82, 2.24) is 9.97 Å². The molecule has 2 aromatic heterocycles. The van der Waals surface area contributed by atoms with Crippen molar-refractivity contribution >= 4 is 27.5 Å². The average Bonchev–Trinajstić information content (AvgIpc) is 2.68. The predicted octanol–water partition coefficient (Wildman–Crippen LogP) is 5.07. The van der Waals surface area contributed by atoms with Gasteiger partial charge in [-0.15, -0.1) is 0 Å². The maximum absolute atomic E-state index is 12.7. The topological polar surface area (TPSA) is 54.9 Å². The molecule has 0 aliphatic rings. The second-order valence-corrected chi connectivity index (χ2v) is 6.96. The molecule has 0 atom stereocenters. The van der Waals surface area contributed by atoms with E-state index in [1.165, 1.54) is 5.56 Å². The summed E-state index contributed by atoms with van der Waals surface area (Å²) in [5, 5.41) is 3.30. The van der Waals surface area contributed by atoms with Crippen molar-refractivity contribution in [3.8, 4) is 0 Å². The summed E-state index contributed by atoms with van der Waals surface area (Å²) < 4.78 is 0.779. The Labute approximate surface area is 163 Å². The molecule has 0 bridgehead atoms. The normalized spacial score (nSPS) is 10.5. The Morgan fingerprint density at radius 2 is 1.96 bits per heavy atom. The van der Waals surface area contributed by atoms with Gasteiger partial charge in [-0.2, -0.15) is 0 Å². The smallest absolute Gasteiger partial charge is 0.213 e. The van der Waals surface area contributed by atoms with Crippen LogP contribution in [0.4, 0.5) is 5.82 Å². The molecule has 134 valence electrons. The quantitative estimate of drug-likeness (QED) is 0.435. The summed E-state index contributed by atoms with van der Waals surface area (Å²) >= 11 is 3.37. The number of aromatic nitrogens is 2. The van der Waals surface area contributed by atoms with E-state index in [1.54, 1.807) is 18.3 Å².